The highest BCUT2D eigenvalue weighted by molar-refractivity contribution is 5.93. The summed E-state index contributed by atoms with van der Waals surface area (Å²) in [6, 6.07) is 2.09. The van der Waals surface area contributed by atoms with Crippen molar-refractivity contribution in [2.45, 2.75) is 51.5 Å². The number of rotatable bonds is 3. The molecule has 1 saturated heterocycles. The molecule has 126 valence electrons. The molecule has 2 heterocycles. The van der Waals surface area contributed by atoms with Crippen molar-refractivity contribution in [2.24, 2.45) is 0 Å². The third-order valence-corrected chi connectivity index (χ3v) is 4.58. The number of anilines is 1. The van der Waals surface area contributed by atoms with Gasteiger partial charge in [-0.15, -0.1) is 0 Å². The number of ether oxygens (including phenoxy) is 1. The van der Waals surface area contributed by atoms with Crippen LogP contribution >= 0.6 is 0 Å². The maximum Gasteiger partial charge on any atom is 0.270 e. The van der Waals surface area contributed by atoms with Gasteiger partial charge in [0.05, 0.1) is 13.2 Å². The van der Waals surface area contributed by atoms with Crippen LogP contribution in [0.4, 0.5) is 5.82 Å². The molecule has 1 amide bonds. The number of hydrogen-bond donors (Lipinski definition) is 1. The summed E-state index contributed by atoms with van der Waals surface area (Å²) in [5.74, 6) is 1.39. The van der Waals surface area contributed by atoms with E-state index < -0.39 is 0 Å². The number of carbonyl (C=O) groups excluding carboxylic acids is 1. The van der Waals surface area contributed by atoms with Crippen molar-refractivity contribution in [3.05, 3.63) is 17.6 Å². The molecule has 2 fully saturated rings. The number of carbonyl (C=O) groups is 1. The van der Waals surface area contributed by atoms with Crippen LogP contribution in [0.25, 0.3) is 0 Å². The van der Waals surface area contributed by atoms with E-state index in [9.17, 15) is 4.79 Å². The van der Waals surface area contributed by atoms with Crippen LogP contribution in [-0.2, 0) is 4.74 Å². The third kappa shape index (κ3) is 4.41. The molecule has 0 spiro atoms. The first-order valence-corrected chi connectivity index (χ1v) is 8.71. The van der Waals surface area contributed by atoms with Crippen LogP contribution in [0.3, 0.4) is 0 Å². The van der Waals surface area contributed by atoms with Crippen LogP contribution in [0.5, 0.6) is 0 Å². The Hall–Kier alpha value is -1.69. The Morgan fingerprint density at radius 2 is 1.87 bits per heavy atom. The summed E-state index contributed by atoms with van der Waals surface area (Å²) in [6.07, 6.45) is 7.11. The van der Waals surface area contributed by atoms with E-state index in [1.165, 1.54) is 25.7 Å². The van der Waals surface area contributed by atoms with Crippen LogP contribution in [0.1, 0.15) is 54.8 Å². The molecule has 0 aromatic carbocycles. The lowest BCUT2D eigenvalue weighted by atomic mass is 10.1. The van der Waals surface area contributed by atoms with E-state index in [0.717, 1.165) is 31.7 Å². The quantitative estimate of drug-likeness (QED) is 0.864. The molecule has 6 heteroatoms. The molecule has 0 radical (unpaired) electrons. The zero-order valence-corrected chi connectivity index (χ0v) is 13.9. The SMILES string of the molecule is Cc1nc(C(=O)NC2CCCCCC2)cc(N2CCOCC2)n1. The molecule has 0 bridgehead atoms. The highest BCUT2D eigenvalue weighted by Crippen LogP contribution is 2.18. The Balaban J connectivity index is 1.70. The summed E-state index contributed by atoms with van der Waals surface area (Å²) < 4.78 is 5.38. The molecule has 0 unspecified atom stereocenters. The summed E-state index contributed by atoms with van der Waals surface area (Å²) >= 11 is 0. The summed E-state index contributed by atoms with van der Waals surface area (Å²) in [5.41, 5.74) is 0.475. The summed E-state index contributed by atoms with van der Waals surface area (Å²) in [7, 11) is 0. The van der Waals surface area contributed by atoms with Crippen molar-refractivity contribution in [3.63, 3.8) is 0 Å². The number of nitrogens with one attached hydrogen (secondary N) is 1. The van der Waals surface area contributed by atoms with E-state index in [2.05, 4.69) is 20.2 Å². The highest BCUT2D eigenvalue weighted by atomic mass is 16.5. The number of hydrogen-bond acceptors (Lipinski definition) is 5. The van der Waals surface area contributed by atoms with Crippen LogP contribution in [0, 0.1) is 6.92 Å². The maximum atomic E-state index is 12.6. The second kappa shape index (κ2) is 7.73. The van der Waals surface area contributed by atoms with E-state index in [4.69, 9.17) is 4.74 Å². The number of nitrogens with zero attached hydrogens (tertiary/aromatic N) is 3. The summed E-state index contributed by atoms with van der Waals surface area (Å²) in [6.45, 7) is 4.85. The van der Waals surface area contributed by atoms with Gasteiger partial charge in [0.25, 0.3) is 5.91 Å². The van der Waals surface area contributed by atoms with Crippen molar-refractivity contribution in [1.29, 1.82) is 0 Å². The average molecular weight is 318 g/mol. The monoisotopic (exact) mass is 318 g/mol. The predicted octanol–water partition coefficient (Wildman–Crippen LogP) is 2.07. The first-order chi connectivity index (χ1) is 11.2. The average Bonchev–Trinajstić information content (AvgIpc) is 2.84. The van der Waals surface area contributed by atoms with Crippen molar-refractivity contribution >= 4 is 11.7 Å². The minimum Gasteiger partial charge on any atom is -0.378 e. The van der Waals surface area contributed by atoms with Gasteiger partial charge in [-0.25, -0.2) is 9.97 Å². The van der Waals surface area contributed by atoms with Crippen LogP contribution in [0.2, 0.25) is 0 Å². The molecule has 1 aliphatic heterocycles. The molecule has 1 aromatic heterocycles. The molecule has 1 aliphatic carbocycles. The maximum absolute atomic E-state index is 12.6. The van der Waals surface area contributed by atoms with Gasteiger partial charge in [-0.3, -0.25) is 4.79 Å². The first kappa shape index (κ1) is 16.2. The van der Waals surface area contributed by atoms with Crippen molar-refractivity contribution in [1.82, 2.24) is 15.3 Å². The number of morpholine rings is 1. The van der Waals surface area contributed by atoms with Gasteiger partial charge in [0.1, 0.15) is 17.3 Å². The fourth-order valence-electron chi connectivity index (χ4n) is 3.31. The van der Waals surface area contributed by atoms with E-state index in [1.807, 2.05) is 13.0 Å². The van der Waals surface area contributed by atoms with Crippen molar-refractivity contribution < 1.29 is 9.53 Å². The Labute approximate surface area is 137 Å². The van der Waals surface area contributed by atoms with Gasteiger partial charge in [0.15, 0.2) is 0 Å². The lowest BCUT2D eigenvalue weighted by molar-refractivity contribution is 0.0928. The second-order valence-electron chi connectivity index (χ2n) is 6.42. The minimum atomic E-state index is -0.0723. The normalized spacial score (nSPS) is 20.1. The van der Waals surface area contributed by atoms with Crippen molar-refractivity contribution in [2.75, 3.05) is 31.2 Å². The lowest BCUT2D eigenvalue weighted by Crippen LogP contribution is -2.38. The zero-order chi connectivity index (χ0) is 16.1. The zero-order valence-electron chi connectivity index (χ0n) is 13.9. The molecule has 23 heavy (non-hydrogen) atoms. The fourth-order valence-corrected chi connectivity index (χ4v) is 3.31. The first-order valence-electron chi connectivity index (χ1n) is 8.71. The lowest BCUT2D eigenvalue weighted by Gasteiger charge is -2.28. The summed E-state index contributed by atoms with van der Waals surface area (Å²) in [4.78, 5) is 23.5. The molecule has 1 saturated carbocycles. The molecular weight excluding hydrogens is 292 g/mol. The molecule has 1 aromatic rings. The van der Waals surface area contributed by atoms with Gasteiger partial charge < -0.3 is 15.0 Å². The van der Waals surface area contributed by atoms with Crippen LogP contribution < -0.4 is 10.2 Å². The van der Waals surface area contributed by atoms with Gasteiger partial charge >= 0.3 is 0 Å². The smallest absolute Gasteiger partial charge is 0.270 e. The van der Waals surface area contributed by atoms with Crippen molar-refractivity contribution in [3.8, 4) is 0 Å². The minimum absolute atomic E-state index is 0.0723. The number of aryl methyl sites for hydroxylation is 1. The Morgan fingerprint density at radius 1 is 1.17 bits per heavy atom. The molecule has 0 atom stereocenters. The summed E-state index contributed by atoms with van der Waals surface area (Å²) in [5, 5.41) is 3.16. The van der Waals surface area contributed by atoms with E-state index in [-0.39, 0.29) is 11.9 Å². The van der Waals surface area contributed by atoms with Gasteiger partial charge in [-0.05, 0) is 19.8 Å². The molecule has 2 aliphatic rings. The number of aromatic nitrogens is 2. The van der Waals surface area contributed by atoms with Gasteiger partial charge in [0, 0.05) is 25.2 Å². The van der Waals surface area contributed by atoms with Crippen LogP contribution in [-0.4, -0.2) is 48.2 Å². The van der Waals surface area contributed by atoms with Gasteiger partial charge in [0.2, 0.25) is 0 Å². The second-order valence-corrected chi connectivity index (χ2v) is 6.42. The molecule has 1 N–H and O–H groups in total. The largest absolute Gasteiger partial charge is 0.378 e. The van der Waals surface area contributed by atoms with E-state index >= 15 is 0 Å². The third-order valence-electron chi connectivity index (χ3n) is 4.58. The highest BCUT2D eigenvalue weighted by Gasteiger charge is 2.19. The standard InChI is InChI=1S/C17H26N4O2/c1-13-18-15(12-16(19-13)21-8-10-23-11-9-21)17(22)20-14-6-4-2-3-5-7-14/h12,14H,2-11H2,1H3,(H,20,22). The van der Waals surface area contributed by atoms with Gasteiger partial charge in [-0.1, -0.05) is 25.7 Å². The number of amides is 1. The molecule has 3 rings (SSSR count). The fraction of sp³-hybridized carbons (Fsp3) is 0.706. The Morgan fingerprint density at radius 3 is 2.57 bits per heavy atom. The Kier molecular flexibility index (Phi) is 5.43. The topological polar surface area (TPSA) is 67.4 Å². The molecular formula is C17H26N4O2. The predicted molar refractivity (Wildman–Crippen MR) is 88.8 cm³/mol. The van der Waals surface area contributed by atoms with Gasteiger partial charge in [-0.2, -0.15) is 0 Å². The van der Waals surface area contributed by atoms with E-state index in [1.54, 1.807) is 0 Å². The van der Waals surface area contributed by atoms with Crippen LogP contribution in [0.15, 0.2) is 6.07 Å². The molecule has 6 nitrogen and oxygen atoms in total. The van der Waals surface area contributed by atoms with E-state index in [0.29, 0.717) is 24.7 Å². The Bertz CT molecular complexity index is 535.